The van der Waals surface area contributed by atoms with Gasteiger partial charge in [0.25, 0.3) is 0 Å². The maximum Gasteiger partial charge on any atom is 0.106 e. The molecule has 6 heteroatoms. The lowest BCUT2D eigenvalue weighted by atomic mass is 10.0. The first kappa shape index (κ1) is 13.7. The Morgan fingerprint density at radius 1 is 1.67 bits per heavy atom. The summed E-state index contributed by atoms with van der Waals surface area (Å²) in [4.78, 5) is 2.65. The summed E-state index contributed by atoms with van der Waals surface area (Å²) in [6.07, 6.45) is 1.37. The Labute approximate surface area is 89.8 Å². The van der Waals surface area contributed by atoms with Crippen molar-refractivity contribution in [2.45, 2.75) is 25.3 Å². The first-order chi connectivity index (χ1) is 7.18. The van der Waals surface area contributed by atoms with Crippen molar-refractivity contribution in [2.75, 3.05) is 26.8 Å². The van der Waals surface area contributed by atoms with Crippen LogP contribution in [0.25, 0.3) is 10.4 Å². The van der Waals surface area contributed by atoms with Crippen LogP contribution in [0.2, 0.25) is 0 Å². The summed E-state index contributed by atoms with van der Waals surface area (Å²) in [6, 6.07) is 2.21. The van der Waals surface area contributed by atoms with Gasteiger partial charge in [0.1, 0.15) is 5.54 Å². The molecule has 6 nitrogen and oxygen atoms in total. The molecule has 1 unspecified atom stereocenters. The molecule has 0 rings (SSSR count). The molecule has 0 aliphatic heterocycles. The highest BCUT2D eigenvalue weighted by Crippen LogP contribution is 2.07. The average molecular weight is 211 g/mol. The SMILES string of the molecule is COCCC(C)(C#N)NCCCN=[N+]=[N-]. The van der Waals surface area contributed by atoms with Gasteiger partial charge >= 0.3 is 0 Å². The second kappa shape index (κ2) is 8.06. The van der Waals surface area contributed by atoms with Crippen LogP contribution in [0.3, 0.4) is 0 Å². The van der Waals surface area contributed by atoms with E-state index in [0.717, 1.165) is 6.42 Å². The van der Waals surface area contributed by atoms with Gasteiger partial charge in [-0.15, -0.1) is 0 Å². The van der Waals surface area contributed by atoms with E-state index in [1.54, 1.807) is 7.11 Å². The maximum atomic E-state index is 8.96. The van der Waals surface area contributed by atoms with Crippen molar-refractivity contribution >= 4 is 0 Å². The quantitative estimate of drug-likeness (QED) is 0.286. The van der Waals surface area contributed by atoms with Crippen molar-refractivity contribution in [3.63, 3.8) is 0 Å². The smallest absolute Gasteiger partial charge is 0.106 e. The monoisotopic (exact) mass is 211 g/mol. The molecule has 0 amide bonds. The lowest BCUT2D eigenvalue weighted by molar-refractivity contribution is 0.174. The first-order valence-corrected chi connectivity index (χ1v) is 4.84. The van der Waals surface area contributed by atoms with Crippen LogP contribution in [0.4, 0.5) is 0 Å². The van der Waals surface area contributed by atoms with Crippen LogP contribution in [0.1, 0.15) is 19.8 Å². The number of methoxy groups -OCH3 is 1. The number of azide groups is 1. The third-order valence-corrected chi connectivity index (χ3v) is 2.07. The summed E-state index contributed by atoms with van der Waals surface area (Å²) >= 11 is 0. The van der Waals surface area contributed by atoms with E-state index in [1.807, 2.05) is 6.92 Å². The molecule has 0 aromatic heterocycles. The van der Waals surface area contributed by atoms with E-state index in [9.17, 15) is 0 Å². The zero-order valence-electron chi connectivity index (χ0n) is 9.23. The van der Waals surface area contributed by atoms with Crippen LogP contribution in [-0.4, -0.2) is 32.3 Å². The van der Waals surface area contributed by atoms with Gasteiger partial charge in [-0.05, 0) is 25.4 Å². The third-order valence-electron chi connectivity index (χ3n) is 2.07. The molecule has 1 atom stereocenters. The Morgan fingerprint density at radius 2 is 2.40 bits per heavy atom. The second-order valence-corrected chi connectivity index (χ2v) is 3.42. The molecule has 15 heavy (non-hydrogen) atoms. The van der Waals surface area contributed by atoms with E-state index in [0.29, 0.717) is 26.1 Å². The number of nitrogens with zero attached hydrogens (tertiary/aromatic N) is 4. The van der Waals surface area contributed by atoms with Crippen molar-refractivity contribution in [1.29, 1.82) is 5.26 Å². The van der Waals surface area contributed by atoms with Gasteiger partial charge in [-0.1, -0.05) is 5.11 Å². The molecule has 0 radical (unpaired) electrons. The number of rotatable bonds is 8. The molecule has 0 heterocycles. The van der Waals surface area contributed by atoms with Crippen LogP contribution in [0.5, 0.6) is 0 Å². The molecule has 84 valence electrons. The molecule has 0 aromatic rings. The molecule has 0 fully saturated rings. The molecule has 0 aromatic carbocycles. The van der Waals surface area contributed by atoms with Gasteiger partial charge in [-0.25, -0.2) is 0 Å². The van der Waals surface area contributed by atoms with E-state index in [-0.39, 0.29) is 0 Å². The fourth-order valence-electron chi connectivity index (χ4n) is 1.05. The number of hydrogen-bond donors (Lipinski definition) is 1. The highest BCUT2D eigenvalue weighted by molar-refractivity contribution is 5.03. The molecular weight excluding hydrogens is 194 g/mol. The zero-order chi connectivity index (χ0) is 11.6. The van der Waals surface area contributed by atoms with Crippen LogP contribution < -0.4 is 5.32 Å². The predicted octanol–water partition coefficient (Wildman–Crippen LogP) is 1.60. The lowest BCUT2D eigenvalue weighted by Gasteiger charge is -2.22. The summed E-state index contributed by atoms with van der Waals surface area (Å²) in [5, 5.41) is 15.5. The third kappa shape index (κ3) is 6.75. The highest BCUT2D eigenvalue weighted by atomic mass is 16.5. The Bertz CT molecular complexity index is 256. The predicted molar refractivity (Wildman–Crippen MR) is 57.1 cm³/mol. The number of nitrogens with one attached hydrogen (secondary N) is 1. The van der Waals surface area contributed by atoms with E-state index < -0.39 is 5.54 Å². The maximum absolute atomic E-state index is 8.96. The summed E-state index contributed by atoms with van der Waals surface area (Å²) in [5.41, 5.74) is 7.49. The largest absolute Gasteiger partial charge is 0.385 e. The van der Waals surface area contributed by atoms with Crippen LogP contribution in [-0.2, 0) is 4.74 Å². The molecule has 0 saturated carbocycles. The summed E-state index contributed by atoms with van der Waals surface area (Å²) < 4.78 is 4.93. The van der Waals surface area contributed by atoms with Crippen molar-refractivity contribution in [1.82, 2.24) is 5.32 Å². The van der Waals surface area contributed by atoms with Gasteiger partial charge in [0, 0.05) is 31.6 Å². The molecule has 0 bridgehead atoms. The van der Waals surface area contributed by atoms with E-state index in [2.05, 4.69) is 21.4 Å². The van der Waals surface area contributed by atoms with Gasteiger partial charge in [0.15, 0.2) is 0 Å². The Morgan fingerprint density at radius 3 is 2.93 bits per heavy atom. The first-order valence-electron chi connectivity index (χ1n) is 4.84. The van der Waals surface area contributed by atoms with Gasteiger partial charge in [0.05, 0.1) is 6.07 Å². The van der Waals surface area contributed by atoms with Gasteiger partial charge in [0.2, 0.25) is 0 Å². The van der Waals surface area contributed by atoms with Gasteiger partial charge < -0.3 is 4.74 Å². The average Bonchev–Trinajstić information content (AvgIpc) is 2.26. The molecule has 0 aliphatic carbocycles. The van der Waals surface area contributed by atoms with E-state index in [1.165, 1.54) is 0 Å². The lowest BCUT2D eigenvalue weighted by Crippen LogP contribution is -2.42. The molecule has 0 saturated heterocycles. The van der Waals surface area contributed by atoms with Crippen molar-refractivity contribution in [2.24, 2.45) is 5.11 Å². The summed E-state index contributed by atoms with van der Waals surface area (Å²) in [5.74, 6) is 0. The molecule has 1 N–H and O–H groups in total. The van der Waals surface area contributed by atoms with Gasteiger partial charge in [-0.2, -0.15) is 5.26 Å². The van der Waals surface area contributed by atoms with Crippen molar-refractivity contribution in [3.8, 4) is 6.07 Å². The van der Waals surface area contributed by atoms with Crippen molar-refractivity contribution in [3.05, 3.63) is 10.4 Å². The van der Waals surface area contributed by atoms with Crippen molar-refractivity contribution < 1.29 is 4.74 Å². The highest BCUT2D eigenvalue weighted by Gasteiger charge is 2.21. The summed E-state index contributed by atoms with van der Waals surface area (Å²) in [6.45, 7) is 3.50. The van der Waals surface area contributed by atoms with E-state index >= 15 is 0 Å². The normalized spacial score (nSPS) is 13.7. The molecule has 0 aliphatic rings. The Balaban J connectivity index is 3.78. The zero-order valence-corrected chi connectivity index (χ0v) is 9.23. The topological polar surface area (TPSA) is 93.8 Å². The number of nitriles is 1. The summed E-state index contributed by atoms with van der Waals surface area (Å²) in [7, 11) is 1.61. The number of hydrogen-bond acceptors (Lipinski definition) is 4. The fraction of sp³-hybridized carbons (Fsp3) is 0.889. The van der Waals surface area contributed by atoms with Gasteiger partial charge in [-0.3, -0.25) is 5.32 Å². The fourth-order valence-corrected chi connectivity index (χ4v) is 1.05. The van der Waals surface area contributed by atoms with Crippen LogP contribution >= 0.6 is 0 Å². The molecule has 0 spiro atoms. The van der Waals surface area contributed by atoms with Crippen LogP contribution in [0, 0.1) is 11.3 Å². The standard InChI is InChI=1S/C9H17N5O/c1-9(8-10,4-7-15-2)12-5-3-6-13-14-11/h12H,3-7H2,1-2H3. The minimum absolute atomic E-state index is 0.454. The number of ether oxygens (including phenoxy) is 1. The molecular formula is C9H17N5O. The minimum Gasteiger partial charge on any atom is -0.385 e. The Kier molecular flexibility index (Phi) is 7.38. The van der Waals surface area contributed by atoms with Crippen LogP contribution in [0.15, 0.2) is 5.11 Å². The minimum atomic E-state index is -0.563. The second-order valence-electron chi connectivity index (χ2n) is 3.42. The van der Waals surface area contributed by atoms with E-state index in [4.69, 9.17) is 15.5 Å². The Hall–Kier alpha value is -1.28.